The van der Waals surface area contributed by atoms with Crippen molar-refractivity contribution in [3.8, 4) is 6.07 Å². The minimum absolute atomic E-state index is 0.0185. The van der Waals surface area contributed by atoms with Gasteiger partial charge in [-0.2, -0.15) is 5.26 Å². The molecular weight excluding hydrogens is 556 g/mol. The topological polar surface area (TPSA) is 87.0 Å². The van der Waals surface area contributed by atoms with Crippen LogP contribution in [0.25, 0.3) is 0 Å². The summed E-state index contributed by atoms with van der Waals surface area (Å²) in [6.07, 6.45) is 12.2. The molecule has 45 heavy (non-hydrogen) atoms. The summed E-state index contributed by atoms with van der Waals surface area (Å²) < 4.78 is 0. The molecule has 0 bridgehead atoms. The molecule has 5 heteroatoms. The van der Waals surface area contributed by atoms with E-state index >= 15 is 0 Å². The van der Waals surface area contributed by atoms with E-state index in [4.69, 9.17) is 0 Å². The van der Waals surface area contributed by atoms with Crippen LogP contribution < -0.4 is 5.32 Å². The van der Waals surface area contributed by atoms with Crippen LogP contribution in [0.1, 0.15) is 112 Å². The minimum atomic E-state index is -0.659. The first-order chi connectivity index (χ1) is 21.0. The van der Waals surface area contributed by atoms with E-state index in [1.807, 2.05) is 56.3 Å². The zero-order chi connectivity index (χ0) is 32.6. The number of Topliss-reactive ketones (excluding diaryl/α,β-unsaturated/α-hetero) is 1. The number of nitrogens with zero attached hydrogens (tertiary/aromatic N) is 1. The molecule has 5 aliphatic rings. The van der Waals surface area contributed by atoms with E-state index in [1.165, 1.54) is 0 Å². The zero-order valence-corrected chi connectivity index (χ0v) is 28.5. The van der Waals surface area contributed by atoms with Gasteiger partial charge in [-0.05, 0) is 96.5 Å². The van der Waals surface area contributed by atoms with Crippen molar-refractivity contribution < 1.29 is 14.4 Å². The van der Waals surface area contributed by atoms with Crippen molar-refractivity contribution in [2.75, 3.05) is 0 Å². The molecule has 0 spiro atoms. The highest BCUT2D eigenvalue weighted by Gasteiger charge is 2.69. The maximum absolute atomic E-state index is 14.7. The lowest BCUT2D eigenvalue weighted by Gasteiger charge is -2.69. The number of nitrogens with one attached hydrogen (secondary N) is 1. The fourth-order valence-corrected chi connectivity index (χ4v) is 11.4. The molecule has 0 aromatic heterocycles. The van der Waals surface area contributed by atoms with Crippen molar-refractivity contribution in [3.63, 3.8) is 0 Å². The summed E-state index contributed by atoms with van der Waals surface area (Å²) in [5, 5.41) is 13.1. The van der Waals surface area contributed by atoms with Gasteiger partial charge in [-0.25, -0.2) is 0 Å². The van der Waals surface area contributed by atoms with Crippen molar-refractivity contribution in [3.05, 3.63) is 59.2 Å². The van der Waals surface area contributed by atoms with Crippen LogP contribution in [0.5, 0.6) is 0 Å². The fourth-order valence-electron chi connectivity index (χ4n) is 11.4. The number of carbonyl (C=O) groups is 3. The molecule has 3 saturated carbocycles. The third kappa shape index (κ3) is 4.72. The first-order valence-corrected chi connectivity index (χ1v) is 17.3. The molecule has 1 N–H and O–H groups in total. The van der Waals surface area contributed by atoms with Gasteiger partial charge in [-0.3, -0.25) is 14.4 Å². The molecule has 0 saturated heterocycles. The lowest BCUT2D eigenvalue weighted by atomic mass is 9.34. The predicted molar refractivity (Wildman–Crippen MR) is 176 cm³/mol. The number of carbonyl (C=O) groups excluding carboxylic acids is 3. The number of amides is 1. The van der Waals surface area contributed by atoms with Crippen molar-refractivity contribution in [1.29, 1.82) is 5.26 Å². The Bertz CT molecular complexity index is 1530. The Labute approximate surface area is 270 Å². The van der Waals surface area contributed by atoms with Crippen LogP contribution in [0.3, 0.4) is 0 Å². The van der Waals surface area contributed by atoms with Gasteiger partial charge in [-0.1, -0.05) is 90.4 Å². The standard InChI is InChI=1S/C40H52N2O3/c1-35(2)17-19-40(16-14-32(44)42-25-26-11-9-8-10-12-26)20-18-39(7)33(28(40)23-35)29(43)21-31-37(5)22-27(24-41)34(45)36(3,4)30(37)13-15-38(31,39)6/h8-12,21-22,28,30,33H,13-20,23,25H2,1-7H3,(H,42,44)/t28?,30-,33+,37-,38+,39+,40+/m0/s1. The minimum Gasteiger partial charge on any atom is -0.352 e. The SMILES string of the molecule is CC1(C)CC[C@]2(CCC(=O)NCc3ccccc3)CC[C@]3(C)[C@@H](C(=O)C=C4[C@@]5(C)C=C(C#N)C(=O)C(C)(C)[C@@H]5CC[C@]43C)C2C1. The molecule has 240 valence electrons. The van der Waals surface area contributed by atoms with Crippen LogP contribution in [-0.4, -0.2) is 17.5 Å². The van der Waals surface area contributed by atoms with Crippen LogP contribution in [0.2, 0.25) is 0 Å². The van der Waals surface area contributed by atoms with Crippen LogP contribution in [-0.2, 0) is 20.9 Å². The number of benzene rings is 1. The van der Waals surface area contributed by atoms with Gasteiger partial charge in [0.1, 0.15) is 6.07 Å². The Kier molecular flexibility index (Phi) is 7.47. The van der Waals surface area contributed by atoms with Crippen molar-refractivity contribution in [1.82, 2.24) is 5.32 Å². The molecule has 1 aromatic rings. The maximum atomic E-state index is 14.7. The van der Waals surface area contributed by atoms with E-state index in [0.29, 0.717) is 13.0 Å². The number of fused-ring (bicyclic) bond motifs is 7. The third-order valence-electron chi connectivity index (χ3n) is 14.2. The highest BCUT2D eigenvalue weighted by atomic mass is 16.1. The lowest BCUT2D eigenvalue weighted by Crippen LogP contribution is -2.64. The second-order valence-electron chi connectivity index (χ2n) is 17.4. The summed E-state index contributed by atoms with van der Waals surface area (Å²) in [4.78, 5) is 41.2. The number of hydrogen-bond donors (Lipinski definition) is 1. The van der Waals surface area contributed by atoms with Crippen LogP contribution in [0.15, 0.2) is 53.6 Å². The van der Waals surface area contributed by atoms with Crippen LogP contribution in [0, 0.1) is 61.6 Å². The van der Waals surface area contributed by atoms with E-state index < -0.39 is 10.8 Å². The molecule has 3 fully saturated rings. The number of rotatable bonds is 5. The average Bonchev–Trinajstić information content (AvgIpc) is 2.99. The van der Waals surface area contributed by atoms with E-state index in [1.54, 1.807) is 0 Å². The number of hydrogen-bond acceptors (Lipinski definition) is 4. The quantitative estimate of drug-likeness (QED) is 0.364. The summed E-state index contributed by atoms with van der Waals surface area (Å²) >= 11 is 0. The monoisotopic (exact) mass is 608 g/mol. The second-order valence-corrected chi connectivity index (χ2v) is 17.4. The van der Waals surface area contributed by atoms with Gasteiger partial charge in [0.25, 0.3) is 0 Å². The summed E-state index contributed by atoms with van der Waals surface area (Å²) in [5.41, 5.74) is 0.992. The van der Waals surface area contributed by atoms with Crippen molar-refractivity contribution >= 4 is 17.5 Å². The number of allylic oxidation sites excluding steroid dienone is 4. The van der Waals surface area contributed by atoms with E-state index in [-0.39, 0.29) is 62.5 Å². The van der Waals surface area contributed by atoms with Crippen molar-refractivity contribution in [2.24, 2.45) is 50.2 Å². The maximum Gasteiger partial charge on any atom is 0.220 e. The van der Waals surface area contributed by atoms with Gasteiger partial charge < -0.3 is 5.32 Å². The molecule has 0 heterocycles. The first kappa shape index (κ1) is 32.0. The van der Waals surface area contributed by atoms with Gasteiger partial charge in [0, 0.05) is 29.7 Å². The molecule has 1 amide bonds. The Balaban J connectivity index is 1.35. The molecule has 0 radical (unpaired) electrons. The molecule has 5 nitrogen and oxygen atoms in total. The highest BCUT2D eigenvalue weighted by Crippen LogP contribution is 2.75. The van der Waals surface area contributed by atoms with Gasteiger partial charge in [0.05, 0.1) is 5.57 Å². The Morgan fingerprint density at radius 2 is 1.64 bits per heavy atom. The molecule has 7 atom stereocenters. The molecule has 6 rings (SSSR count). The number of nitriles is 1. The van der Waals surface area contributed by atoms with Gasteiger partial charge >= 0.3 is 0 Å². The lowest BCUT2D eigenvalue weighted by molar-refractivity contribution is -0.173. The molecule has 5 aliphatic carbocycles. The van der Waals surface area contributed by atoms with Gasteiger partial charge in [-0.15, -0.1) is 0 Å². The van der Waals surface area contributed by atoms with Gasteiger partial charge in [0.15, 0.2) is 11.6 Å². The van der Waals surface area contributed by atoms with Crippen LogP contribution in [0.4, 0.5) is 0 Å². The van der Waals surface area contributed by atoms with Crippen molar-refractivity contribution in [2.45, 2.75) is 113 Å². The first-order valence-electron chi connectivity index (χ1n) is 17.3. The summed E-state index contributed by atoms with van der Waals surface area (Å²) in [6, 6.07) is 12.3. The summed E-state index contributed by atoms with van der Waals surface area (Å²) in [6.45, 7) is 16.2. The predicted octanol–water partition coefficient (Wildman–Crippen LogP) is 8.30. The largest absolute Gasteiger partial charge is 0.352 e. The fraction of sp³-hybridized carbons (Fsp3) is 0.650. The summed E-state index contributed by atoms with van der Waals surface area (Å²) in [5.74, 6) is 0.438. The number of ketones is 2. The molecular formula is C40H52N2O3. The Hall–Kier alpha value is -3.00. The molecule has 1 unspecified atom stereocenters. The Morgan fingerprint density at radius 1 is 0.956 bits per heavy atom. The van der Waals surface area contributed by atoms with E-state index in [2.05, 4.69) is 46.0 Å². The normalized spacial score (nSPS) is 39.6. The smallest absolute Gasteiger partial charge is 0.220 e. The summed E-state index contributed by atoms with van der Waals surface area (Å²) in [7, 11) is 0. The van der Waals surface area contributed by atoms with E-state index in [9.17, 15) is 19.6 Å². The van der Waals surface area contributed by atoms with Crippen LogP contribution >= 0.6 is 0 Å². The second kappa shape index (κ2) is 10.5. The van der Waals surface area contributed by atoms with E-state index in [0.717, 1.165) is 62.5 Å². The average molecular weight is 609 g/mol. The highest BCUT2D eigenvalue weighted by molar-refractivity contribution is 6.04. The van der Waals surface area contributed by atoms with Gasteiger partial charge in [0.2, 0.25) is 5.91 Å². The Morgan fingerprint density at radius 3 is 2.33 bits per heavy atom. The molecule has 1 aromatic carbocycles. The molecule has 0 aliphatic heterocycles. The zero-order valence-electron chi connectivity index (χ0n) is 28.5. The third-order valence-corrected chi connectivity index (χ3v) is 14.2.